The van der Waals surface area contributed by atoms with Gasteiger partial charge >= 0.3 is 0 Å². The number of benzene rings is 1. The molecule has 4 rings (SSSR count). The van der Waals surface area contributed by atoms with Crippen LogP contribution >= 0.6 is 11.8 Å². The van der Waals surface area contributed by atoms with Crippen LogP contribution in [-0.4, -0.2) is 49.5 Å². The number of halogens is 1. The number of thioether (sulfide) groups is 1. The molecule has 3 heterocycles. The zero-order valence-corrected chi connectivity index (χ0v) is 15.1. The van der Waals surface area contributed by atoms with E-state index in [2.05, 4.69) is 15.3 Å². The van der Waals surface area contributed by atoms with Gasteiger partial charge in [-0.2, -0.15) is 9.61 Å². The van der Waals surface area contributed by atoms with Crippen molar-refractivity contribution in [2.45, 2.75) is 24.3 Å². The second kappa shape index (κ2) is 7.03. The highest BCUT2D eigenvalue weighted by Crippen LogP contribution is 2.28. The van der Waals surface area contributed by atoms with Gasteiger partial charge in [-0.25, -0.2) is 4.39 Å². The topological polar surface area (TPSA) is 63.4 Å². The minimum Gasteiger partial charge on any atom is -0.341 e. The number of hydrogen-bond donors (Lipinski definition) is 0. The van der Waals surface area contributed by atoms with Crippen molar-refractivity contribution >= 4 is 23.3 Å². The van der Waals surface area contributed by atoms with Crippen LogP contribution < -0.4 is 0 Å². The molecule has 6 nitrogen and oxygen atoms in total. The fourth-order valence-corrected chi connectivity index (χ4v) is 3.93. The van der Waals surface area contributed by atoms with E-state index >= 15 is 0 Å². The van der Waals surface area contributed by atoms with Crippen molar-refractivity contribution in [2.24, 2.45) is 0 Å². The fraction of sp³-hybridized carbons (Fsp3) is 0.333. The normalized spacial score (nSPS) is 17.2. The smallest absolute Gasteiger partial charge is 0.233 e. The van der Waals surface area contributed by atoms with E-state index in [1.54, 1.807) is 4.52 Å². The van der Waals surface area contributed by atoms with Gasteiger partial charge in [0.1, 0.15) is 10.8 Å². The quantitative estimate of drug-likeness (QED) is 0.660. The number of likely N-dealkylation sites (tertiary alicyclic amines) is 1. The molecular weight excluding hydrogens is 353 g/mol. The molecule has 0 bridgehead atoms. The lowest BCUT2D eigenvalue weighted by Gasteiger charge is -2.16. The number of carbonyl (C=O) groups is 1. The minimum absolute atomic E-state index is 0.0991. The lowest BCUT2D eigenvalue weighted by Crippen LogP contribution is -2.30. The first-order valence-corrected chi connectivity index (χ1v) is 9.44. The SMILES string of the molecule is Cc1nnc2ccc(SCC(=O)N3CC[C@H](c4ccc(F)cc4)C3)nn12. The summed E-state index contributed by atoms with van der Waals surface area (Å²) in [5.74, 6) is 1.20. The Labute approximate surface area is 154 Å². The molecule has 0 aliphatic carbocycles. The largest absolute Gasteiger partial charge is 0.341 e. The van der Waals surface area contributed by atoms with Crippen molar-refractivity contribution in [3.8, 4) is 0 Å². The maximum Gasteiger partial charge on any atom is 0.233 e. The Morgan fingerprint density at radius 1 is 1.23 bits per heavy atom. The number of aryl methyl sites for hydroxylation is 1. The molecule has 26 heavy (non-hydrogen) atoms. The van der Waals surface area contributed by atoms with Crippen LogP contribution in [0.3, 0.4) is 0 Å². The Morgan fingerprint density at radius 3 is 2.85 bits per heavy atom. The summed E-state index contributed by atoms with van der Waals surface area (Å²) < 4.78 is 14.7. The first kappa shape index (κ1) is 17.0. The Bertz CT molecular complexity index is 942. The third-order valence-electron chi connectivity index (χ3n) is 4.62. The van der Waals surface area contributed by atoms with Crippen LogP contribution in [0.15, 0.2) is 41.4 Å². The van der Waals surface area contributed by atoms with Gasteiger partial charge in [-0.15, -0.1) is 10.2 Å². The number of carbonyl (C=O) groups excluding carboxylic acids is 1. The van der Waals surface area contributed by atoms with Gasteiger partial charge < -0.3 is 4.90 Å². The lowest BCUT2D eigenvalue weighted by atomic mass is 9.99. The van der Waals surface area contributed by atoms with E-state index in [9.17, 15) is 9.18 Å². The highest BCUT2D eigenvalue weighted by Gasteiger charge is 2.27. The zero-order valence-electron chi connectivity index (χ0n) is 14.3. The highest BCUT2D eigenvalue weighted by atomic mass is 32.2. The van der Waals surface area contributed by atoms with Crippen LogP contribution in [0.1, 0.15) is 23.7 Å². The summed E-state index contributed by atoms with van der Waals surface area (Å²) in [5.41, 5.74) is 1.78. The van der Waals surface area contributed by atoms with Crippen LogP contribution in [0.25, 0.3) is 5.65 Å². The van der Waals surface area contributed by atoms with E-state index < -0.39 is 0 Å². The lowest BCUT2D eigenvalue weighted by molar-refractivity contribution is -0.127. The van der Waals surface area contributed by atoms with Gasteiger partial charge in [0.2, 0.25) is 5.91 Å². The van der Waals surface area contributed by atoms with Crippen LogP contribution in [0, 0.1) is 12.7 Å². The first-order chi connectivity index (χ1) is 12.6. The van der Waals surface area contributed by atoms with Crippen molar-refractivity contribution in [3.63, 3.8) is 0 Å². The van der Waals surface area contributed by atoms with Crippen molar-refractivity contribution in [1.29, 1.82) is 0 Å². The summed E-state index contributed by atoms with van der Waals surface area (Å²) in [6.07, 6.45) is 0.909. The minimum atomic E-state index is -0.233. The van der Waals surface area contributed by atoms with Crippen LogP contribution in [0.2, 0.25) is 0 Å². The third kappa shape index (κ3) is 3.41. The maximum atomic E-state index is 13.1. The molecule has 0 N–H and O–H groups in total. The molecule has 1 amide bonds. The summed E-state index contributed by atoms with van der Waals surface area (Å²) >= 11 is 1.41. The average Bonchev–Trinajstić information content (AvgIpc) is 3.28. The Hall–Kier alpha value is -2.48. The van der Waals surface area contributed by atoms with Gasteiger partial charge in [-0.3, -0.25) is 4.79 Å². The van der Waals surface area contributed by atoms with Crippen LogP contribution in [0.5, 0.6) is 0 Å². The van der Waals surface area contributed by atoms with Crippen LogP contribution in [-0.2, 0) is 4.79 Å². The van der Waals surface area contributed by atoms with E-state index in [0.29, 0.717) is 17.9 Å². The van der Waals surface area contributed by atoms with Gasteiger partial charge in [0.15, 0.2) is 11.5 Å². The molecule has 0 saturated carbocycles. The predicted octanol–water partition coefficient (Wildman–Crippen LogP) is 2.68. The van der Waals surface area contributed by atoms with Gasteiger partial charge in [0, 0.05) is 19.0 Å². The molecule has 1 aromatic carbocycles. The van der Waals surface area contributed by atoms with E-state index in [1.165, 1.54) is 23.9 Å². The van der Waals surface area contributed by atoms with Crippen molar-refractivity contribution in [2.75, 3.05) is 18.8 Å². The predicted molar refractivity (Wildman–Crippen MR) is 96.6 cm³/mol. The maximum absolute atomic E-state index is 13.1. The van der Waals surface area contributed by atoms with Crippen molar-refractivity contribution in [3.05, 3.63) is 53.6 Å². The monoisotopic (exact) mass is 371 g/mol. The van der Waals surface area contributed by atoms with E-state index in [4.69, 9.17) is 0 Å². The number of nitrogens with zero attached hydrogens (tertiary/aromatic N) is 5. The van der Waals surface area contributed by atoms with Gasteiger partial charge in [-0.1, -0.05) is 23.9 Å². The van der Waals surface area contributed by atoms with Crippen molar-refractivity contribution in [1.82, 2.24) is 24.7 Å². The number of aromatic nitrogens is 4. The number of hydrogen-bond acceptors (Lipinski definition) is 5. The molecule has 3 aromatic rings. The molecule has 1 aliphatic rings. The molecule has 8 heteroatoms. The standard InChI is InChI=1S/C18H18FN5OS/c1-12-20-21-16-6-7-17(22-24(12)16)26-11-18(25)23-9-8-14(10-23)13-2-4-15(19)5-3-13/h2-7,14H,8-11H2,1H3/t14-/m0/s1. The summed E-state index contributed by atoms with van der Waals surface area (Å²) in [6, 6.07) is 10.3. The first-order valence-electron chi connectivity index (χ1n) is 8.45. The fourth-order valence-electron chi connectivity index (χ4n) is 3.18. The van der Waals surface area contributed by atoms with Crippen molar-refractivity contribution < 1.29 is 9.18 Å². The molecule has 1 aliphatic heterocycles. The number of rotatable bonds is 4. The summed E-state index contributed by atoms with van der Waals surface area (Å²) in [5, 5.41) is 13.2. The van der Waals surface area contributed by atoms with Gasteiger partial charge in [0.25, 0.3) is 0 Å². The Balaban J connectivity index is 1.36. The molecule has 0 spiro atoms. The van der Waals surface area contributed by atoms with Gasteiger partial charge in [-0.05, 0) is 43.2 Å². The Morgan fingerprint density at radius 2 is 2.04 bits per heavy atom. The zero-order chi connectivity index (χ0) is 18.1. The second-order valence-corrected chi connectivity index (χ2v) is 7.35. The van der Waals surface area contributed by atoms with E-state index in [-0.39, 0.29) is 17.6 Å². The average molecular weight is 371 g/mol. The summed E-state index contributed by atoms with van der Waals surface area (Å²) in [6.45, 7) is 3.26. The number of amides is 1. The molecule has 1 atom stereocenters. The summed E-state index contributed by atoms with van der Waals surface area (Å²) in [4.78, 5) is 14.4. The van der Waals surface area contributed by atoms with E-state index in [0.717, 1.165) is 29.4 Å². The molecule has 1 fully saturated rings. The second-order valence-electron chi connectivity index (χ2n) is 6.35. The number of fused-ring (bicyclic) bond motifs is 1. The molecule has 2 aromatic heterocycles. The van der Waals surface area contributed by atoms with Gasteiger partial charge in [0.05, 0.1) is 5.75 Å². The molecule has 0 radical (unpaired) electrons. The molecule has 0 unspecified atom stereocenters. The third-order valence-corrected chi connectivity index (χ3v) is 5.52. The molecule has 1 saturated heterocycles. The Kier molecular flexibility index (Phi) is 4.58. The highest BCUT2D eigenvalue weighted by molar-refractivity contribution is 7.99. The molecule has 134 valence electrons. The van der Waals surface area contributed by atoms with Crippen LogP contribution in [0.4, 0.5) is 4.39 Å². The molecular formula is C18H18FN5OS. The summed E-state index contributed by atoms with van der Waals surface area (Å²) in [7, 11) is 0. The van der Waals surface area contributed by atoms with E-state index in [1.807, 2.05) is 36.1 Å².